The van der Waals surface area contributed by atoms with Crippen molar-refractivity contribution in [2.45, 2.75) is 26.2 Å². The Bertz CT molecular complexity index is 796. The van der Waals surface area contributed by atoms with Crippen molar-refractivity contribution in [3.63, 3.8) is 0 Å². The Labute approximate surface area is 145 Å². The summed E-state index contributed by atoms with van der Waals surface area (Å²) in [5.74, 6) is -2.06. The average Bonchev–Trinajstić information content (AvgIpc) is 2.59. The molecule has 0 aliphatic heterocycles. The van der Waals surface area contributed by atoms with Gasteiger partial charge in [0.1, 0.15) is 11.3 Å². The predicted octanol–water partition coefficient (Wildman–Crippen LogP) is 3.72. The monoisotopic (exact) mass is 341 g/mol. The Morgan fingerprint density at radius 2 is 1.64 bits per heavy atom. The molecule has 25 heavy (non-hydrogen) atoms. The van der Waals surface area contributed by atoms with E-state index in [1.54, 1.807) is 24.3 Å². The van der Waals surface area contributed by atoms with Crippen molar-refractivity contribution in [2.75, 3.05) is 5.32 Å². The van der Waals surface area contributed by atoms with Gasteiger partial charge in [-0.2, -0.15) is 0 Å². The molecule has 0 saturated carbocycles. The van der Waals surface area contributed by atoms with Crippen molar-refractivity contribution in [1.29, 1.82) is 0 Å². The van der Waals surface area contributed by atoms with Gasteiger partial charge in [0.05, 0.1) is 0 Å². The number of phenols is 1. The summed E-state index contributed by atoms with van der Waals surface area (Å²) in [6, 6.07) is 10.1. The van der Waals surface area contributed by atoms with Gasteiger partial charge in [0.15, 0.2) is 5.78 Å². The lowest BCUT2D eigenvalue weighted by Gasteiger charge is -2.08. The molecule has 0 unspecified atom stereocenters. The maximum atomic E-state index is 12.2. The Morgan fingerprint density at radius 3 is 2.20 bits per heavy atom. The van der Waals surface area contributed by atoms with Crippen LogP contribution in [0, 0.1) is 0 Å². The summed E-state index contributed by atoms with van der Waals surface area (Å²) in [5, 5.41) is 21.1. The molecule has 130 valence electrons. The van der Waals surface area contributed by atoms with Crippen molar-refractivity contribution in [2.24, 2.45) is 0 Å². The summed E-state index contributed by atoms with van der Waals surface area (Å²) in [7, 11) is 0. The van der Waals surface area contributed by atoms with Crippen LogP contribution in [-0.2, 0) is 0 Å². The molecule has 0 heterocycles. The number of anilines is 1. The number of nitrogens with one attached hydrogen (secondary N) is 1. The van der Waals surface area contributed by atoms with Gasteiger partial charge in [0.25, 0.3) is 5.91 Å². The van der Waals surface area contributed by atoms with Gasteiger partial charge >= 0.3 is 5.97 Å². The molecular weight excluding hydrogens is 322 g/mol. The molecule has 0 aliphatic rings. The molecule has 0 aromatic heterocycles. The van der Waals surface area contributed by atoms with E-state index in [1.165, 1.54) is 18.2 Å². The largest absolute Gasteiger partial charge is 0.507 e. The molecule has 2 rings (SSSR count). The van der Waals surface area contributed by atoms with Gasteiger partial charge < -0.3 is 15.5 Å². The van der Waals surface area contributed by atoms with Crippen LogP contribution in [0.2, 0.25) is 0 Å². The van der Waals surface area contributed by atoms with Crippen molar-refractivity contribution >= 4 is 23.3 Å². The Morgan fingerprint density at radius 1 is 1.00 bits per heavy atom. The van der Waals surface area contributed by atoms with E-state index in [4.69, 9.17) is 5.11 Å². The number of carboxylic acids is 1. The second-order valence-electron chi connectivity index (χ2n) is 5.60. The second-order valence-corrected chi connectivity index (χ2v) is 5.60. The number of unbranched alkanes of at least 4 members (excludes halogenated alkanes) is 1. The molecule has 0 spiro atoms. The fraction of sp³-hybridized carbons (Fsp3) is 0.211. The highest BCUT2D eigenvalue weighted by Gasteiger charge is 2.12. The van der Waals surface area contributed by atoms with Crippen molar-refractivity contribution in [3.05, 3.63) is 59.2 Å². The van der Waals surface area contributed by atoms with Crippen molar-refractivity contribution < 1.29 is 24.6 Å². The summed E-state index contributed by atoms with van der Waals surface area (Å²) in [5.41, 5.74) is 0.950. The number of benzene rings is 2. The number of hydrogen-bond acceptors (Lipinski definition) is 4. The lowest BCUT2D eigenvalue weighted by atomic mass is 10.0. The van der Waals surface area contributed by atoms with E-state index < -0.39 is 17.6 Å². The molecule has 6 nitrogen and oxygen atoms in total. The molecule has 0 fully saturated rings. The number of amides is 1. The van der Waals surface area contributed by atoms with Gasteiger partial charge in [-0.05, 0) is 30.7 Å². The van der Waals surface area contributed by atoms with Gasteiger partial charge in [0, 0.05) is 29.3 Å². The van der Waals surface area contributed by atoms with Crippen LogP contribution in [0.25, 0.3) is 0 Å². The fourth-order valence-electron chi connectivity index (χ4n) is 2.28. The first-order valence-electron chi connectivity index (χ1n) is 7.93. The number of aromatic hydroxyl groups is 1. The number of Topliss-reactive ketones (excluding diaryl/α,β-unsaturated/α-hetero) is 1. The van der Waals surface area contributed by atoms with E-state index in [-0.39, 0.29) is 17.0 Å². The molecule has 0 saturated heterocycles. The summed E-state index contributed by atoms with van der Waals surface area (Å²) >= 11 is 0. The molecule has 3 N–H and O–H groups in total. The van der Waals surface area contributed by atoms with Crippen LogP contribution in [-0.4, -0.2) is 27.9 Å². The molecule has 1 amide bonds. The molecular formula is C19H19NO5. The Kier molecular flexibility index (Phi) is 5.89. The summed E-state index contributed by atoms with van der Waals surface area (Å²) in [6.45, 7) is 2.02. The third-order valence-electron chi connectivity index (χ3n) is 3.71. The highest BCUT2D eigenvalue weighted by molar-refractivity contribution is 6.05. The van der Waals surface area contributed by atoms with Crippen LogP contribution in [0.5, 0.6) is 5.75 Å². The molecule has 0 radical (unpaired) electrons. The maximum Gasteiger partial charge on any atom is 0.339 e. The molecule has 0 bridgehead atoms. The first kappa shape index (κ1) is 18.2. The van der Waals surface area contributed by atoms with E-state index in [0.29, 0.717) is 17.5 Å². The Hall–Kier alpha value is -3.15. The van der Waals surface area contributed by atoms with Crippen LogP contribution in [0.4, 0.5) is 5.69 Å². The molecule has 6 heteroatoms. The summed E-state index contributed by atoms with van der Waals surface area (Å²) in [4.78, 5) is 35.0. The fourth-order valence-corrected chi connectivity index (χ4v) is 2.28. The number of carbonyl (C=O) groups is 3. The average molecular weight is 341 g/mol. The first-order valence-corrected chi connectivity index (χ1v) is 7.93. The topological polar surface area (TPSA) is 104 Å². The summed E-state index contributed by atoms with van der Waals surface area (Å²) < 4.78 is 0. The number of rotatable bonds is 7. The van der Waals surface area contributed by atoms with Crippen molar-refractivity contribution in [3.8, 4) is 5.75 Å². The van der Waals surface area contributed by atoms with Crippen molar-refractivity contribution in [1.82, 2.24) is 0 Å². The third-order valence-corrected chi connectivity index (χ3v) is 3.71. The van der Waals surface area contributed by atoms with Gasteiger partial charge in [-0.15, -0.1) is 0 Å². The normalized spacial score (nSPS) is 10.3. The Balaban J connectivity index is 2.07. The number of carbonyl (C=O) groups excluding carboxylic acids is 2. The molecule has 0 aliphatic carbocycles. The smallest absolute Gasteiger partial charge is 0.339 e. The van der Waals surface area contributed by atoms with E-state index >= 15 is 0 Å². The number of ketones is 1. The van der Waals surface area contributed by atoms with Crippen LogP contribution in [0.3, 0.4) is 0 Å². The molecule has 0 atom stereocenters. The van der Waals surface area contributed by atoms with Crippen LogP contribution >= 0.6 is 0 Å². The quantitative estimate of drug-likeness (QED) is 0.666. The van der Waals surface area contributed by atoms with Gasteiger partial charge in [-0.1, -0.05) is 25.5 Å². The SMILES string of the molecule is CCCCC(=O)c1ccc(C(=O)Nc2ccc(C(=O)O)c(O)c2)cc1. The molecule has 2 aromatic rings. The standard InChI is InChI=1S/C19H19NO5/c1-2-3-4-16(21)12-5-7-13(8-6-12)18(23)20-14-9-10-15(19(24)25)17(22)11-14/h5-11,22H,2-4H2,1H3,(H,20,23)(H,24,25). The highest BCUT2D eigenvalue weighted by atomic mass is 16.4. The van der Waals surface area contributed by atoms with E-state index in [0.717, 1.165) is 12.8 Å². The van der Waals surface area contributed by atoms with Crippen LogP contribution in [0.1, 0.15) is 57.3 Å². The van der Waals surface area contributed by atoms with E-state index in [1.807, 2.05) is 6.92 Å². The number of hydrogen-bond donors (Lipinski definition) is 3. The lowest BCUT2D eigenvalue weighted by Crippen LogP contribution is -2.12. The zero-order chi connectivity index (χ0) is 18.4. The zero-order valence-corrected chi connectivity index (χ0v) is 13.8. The van der Waals surface area contributed by atoms with Gasteiger partial charge in [-0.3, -0.25) is 9.59 Å². The molecule has 2 aromatic carbocycles. The maximum absolute atomic E-state index is 12.2. The lowest BCUT2D eigenvalue weighted by molar-refractivity contribution is 0.0693. The van der Waals surface area contributed by atoms with Crippen LogP contribution < -0.4 is 5.32 Å². The summed E-state index contributed by atoms with van der Waals surface area (Å²) in [6.07, 6.45) is 2.26. The predicted molar refractivity (Wildman–Crippen MR) is 93.3 cm³/mol. The minimum atomic E-state index is -1.25. The minimum Gasteiger partial charge on any atom is -0.507 e. The number of aromatic carboxylic acids is 1. The number of carboxylic acid groups (broad SMARTS) is 1. The van der Waals surface area contributed by atoms with E-state index in [9.17, 15) is 19.5 Å². The minimum absolute atomic E-state index is 0.0444. The van der Waals surface area contributed by atoms with Crippen LogP contribution in [0.15, 0.2) is 42.5 Å². The highest BCUT2D eigenvalue weighted by Crippen LogP contribution is 2.22. The first-order chi connectivity index (χ1) is 11.9. The van der Waals surface area contributed by atoms with Gasteiger partial charge in [0.2, 0.25) is 0 Å². The van der Waals surface area contributed by atoms with E-state index in [2.05, 4.69) is 5.32 Å². The van der Waals surface area contributed by atoms with Gasteiger partial charge in [-0.25, -0.2) is 4.79 Å². The third kappa shape index (κ3) is 4.67. The second kappa shape index (κ2) is 8.10. The zero-order valence-electron chi connectivity index (χ0n) is 13.8.